The lowest BCUT2D eigenvalue weighted by Gasteiger charge is -2.14. The molecule has 0 saturated heterocycles. The number of aromatic nitrogens is 1. The van der Waals surface area contributed by atoms with Gasteiger partial charge < -0.3 is 19.4 Å². The number of carbonyl (C=O) groups excluding carboxylic acids is 1. The van der Waals surface area contributed by atoms with Crippen molar-refractivity contribution in [3.63, 3.8) is 0 Å². The molecule has 1 aliphatic heterocycles. The number of hydrogen-bond donors (Lipinski definition) is 1. The van der Waals surface area contributed by atoms with Crippen molar-refractivity contribution < 1.29 is 14.3 Å². The van der Waals surface area contributed by atoms with Crippen molar-refractivity contribution in [1.29, 1.82) is 0 Å². The Balaban J connectivity index is 1.61. The lowest BCUT2D eigenvalue weighted by molar-refractivity contribution is 0.102. The largest absolute Gasteiger partial charge is 0.490 e. The number of anilines is 1. The Morgan fingerprint density at radius 1 is 1.07 bits per heavy atom. The van der Waals surface area contributed by atoms with Gasteiger partial charge in [0.1, 0.15) is 0 Å². The van der Waals surface area contributed by atoms with Gasteiger partial charge in [0.25, 0.3) is 5.91 Å². The quantitative estimate of drug-likeness (QED) is 0.704. The summed E-state index contributed by atoms with van der Waals surface area (Å²) in [6, 6.07) is 12.9. The number of nitrogens with one attached hydrogen (secondary N) is 1. The first kappa shape index (κ1) is 17.5. The van der Waals surface area contributed by atoms with Crippen LogP contribution in [-0.2, 0) is 0 Å². The van der Waals surface area contributed by atoms with Crippen LogP contribution in [0.3, 0.4) is 0 Å². The Hall–Kier alpha value is -2.92. The maximum absolute atomic E-state index is 12.8. The minimum atomic E-state index is -0.236. The van der Waals surface area contributed by atoms with Gasteiger partial charge in [0.15, 0.2) is 11.5 Å². The molecule has 4 rings (SSSR count). The first-order chi connectivity index (χ1) is 13.1. The number of benzene rings is 2. The summed E-state index contributed by atoms with van der Waals surface area (Å²) in [5, 5.41) is 3.28. The van der Waals surface area contributed by atoms with Crippen LogP contribution in [0.25, 0.3) is 5.69 Å². The Morgan fingerprint density at radius 2 is 1.78 bits per heavy atom. The number of amides is 1. The van der Waals surface area contributed by atoms with Gasteiger partial charge in [-0.2, -0.15) is 0 Å². The van der Waals surface area contributed by atoms with Crippen LogP contribution in [0.15, 0.2) is 54.9 Å². The molecule has 5 nitrogen and oxygen atoms in total. The molecule has 0 fully saturated rings. The van der Waals surface area contributed by atoms with E-state index in [9.17, 15) is 4.79 Å². The number of halogens is 1. The monoisotopic (exact) mass is 382 g/mol. The van der Waals surface area contributed by atoms with E-state index in [1.807, 2.05) is 48.1 Å². The SMILES string of the molecule is Cc1ccc(C(=O)Nc2cc3c(cc2Cl)OCCCO3)cc1-n1cccc1. The van der Waals surface area contributed by atoms with Crippen molar-refractivity contribution in [2.24, 2.45) is 0 Å². The number of ether oxygens (including phenoxy) is 2. The Kier molecular flexibility index (Phi) is 4.77. The van der Waals surface area contributed by atoms with Crippen molar-refractivity contribution in [3.05, 3.63) is 71.0 Å². The van der Waals surface area contributed by atoms with E-state index in [4.69, 9.17) is 21.1 Å². The highest BCUT2D eigenvalue weighted by molar-refractivity contribution is 6.34. The van der Waals surface area contributed by atoms with Gasteiger partial charge >= 0.3 is 0 Å². The summed E-state index contributed by atoms with van der Waals surface area (Å²) in [5.74, 6) is 0.949. The van der Waals surface area contributed by atoms with Crippen molar-refractivity contribution >= 4 is 23.2 Å². The summed E-state index contributed by atoms with van der Waals surface area (Å²) in [4.78, 5) is 12.8. The van der Waals surface area contributed by atoms with Crippen molar-refractivity contribution in [2.75, 3.05) is 18.5 Å². The average molecular weight is 383 g/mol. The topological polar surface area (TPSA) is 52.5 Å². The van der Waals surface area contributed by atoms with Crippen LogP contribution in [0.1, 0.15) is 22.3 Å². The lowest BCUT2D eigenvalue weighted by Crippen LogP contribution is -2.13. The van der Waals surface area contributed by atoms with Crippen LogP contribution < -0.4 is 14.8 Å². The number of aryl methyl sites for hydroxylation is 1. The highest BCUT2D eigenvalue weighted by atomic mass is 35.5. The maximum atomic E-state index is 12.8. The van der Waals surface area contributed by atoms with Crippen molar-refractivity contribution in [2.45, 2.75) is 13.3 Å². The normalized spacial score (nSPS) is 13.1. The molecule has 1 N–H and O–H groups in total. The van der Waals surface area contributed by atoms with Gasteiger partial charge in [-0.3, -0.25) is 4.79 Å². The summed E-state index contributed by atoms with van der Waals surface area (Å²) in [6.07, 6.45) is 4.70. The second kappa shape index (κ2) is 7.37. The third-order valence-corrected chi connectivity index (χ3v) is 4.75. The van der Waals surface area contributed by atoms with Gasteiger partial charge in [0, 0.05) is 42.2 Å². The molecule has 2 heterocycles. The van der Waals surface area contributed by atoms with Gasteiger partial charge in [0.2, 0.25) is 0 Å². The number of carbonyl (C=O) groups is 1. The third kappa shape index (κ3) is 3.64. The predicted octanol–water partition coefficient (Wildman–Crippen LogP) is 4.85. The second-order valence-electron chi connectivity index (χ2n) is 6.37. The van der Waals surface area contributed by atoms with Gasteiger partial charge in [-0.05, 0) is 36.8 Å². The molecule has 0 saturated carbocycles. The minimum Gasteiger partial charge on any atom is -0.490 e. The van der Waals surface area contributed by atoms with E-state index in [1.165, 1.54) is 0 Å². The molecule has 1 aromatic heterocycles. The number of nitrogens with zero attached hydrogens (tertiary/aromatic N) is 1. The van der Waals surface area contributed by atoms with Crippen LogP contribution in [0.5, 0.6) is 11.5 Å². The van der Waals surface area contributed by atoms with Crippen molar-refractivity contribution in [1.82, 2.24) is 4.57 Å². The first-order valence-corrected chi connectivity index (χ1v) is 9.14. The van der Waals surface area contributed by atoms with E-state index in [-0.39, 0.29) is 5.91 Å². The second-order valence-corrected chi connectivity index (χ2v) is 6.78. The fraction of sp³-hybridized carbons (Fsp3) is 0.190. The summed E-state index contributed by atoms with van der Waals surface area (Å²) in [6.45, 7) is 3.17. The molecule has 0 unspecified atom stereocenters. The van der Waals surface area contributed by atoms with E-state index in [2.05, 4.69) is 5.32 Å². The average Bonchev–Trinajstić information content (AvgIpc) is 3.10. The van der Waals surface area contributed by atoms with E-state index in [0.29, 0.717) is 41.0 Å². The van der Waals surface area contributed by atoms with Crippen LogP contribution >= 0.6 is 11.6 Å². The molecule has 0 spiro atoms. The molecule has 138 valence electrons. The Morgan fingerprint density at radius 3 is 2.52 bits per heavy atom. The molecule has 0 radical (unpaired) electrons. The number of hydrogen-bond acceptors (Lipinski definition) is 3. The number of rotatable bonds is 3. The summed E-state index contributed by atoms with van der Waals surface area (Å²) >= 11 is 6.33. The summed E-state index contributed by atoms with van der Waals surface area (Å²) in [5.41, 5.74) is 3.08. The highest BCUT2D eigenvalue weighted by Gasteiger charge is 2.17. The van der Waals surface area contributed by atoms with E-state index in [1.54, 1.807) is 18.2 Å². The third-order valence-electron chi connectivity index (χ3n) is 4.44. The fourth-order valence-electron chi connectivity index (χ4n) is 3.00. The van der Waals surface area contributed by atoms with Crippen LogP contribution in [0.2, 0.25) is 5.02 Å². The molecule has 0 atom stereocenters. The maximum Gasteiger partial charge on any atom is 0.255 e. The summed E-state index contributed by atoms with van der Waals surface area (Å²) in [7, 11) is 0. The Bertz CT molecular complexity index is 983. The minimum absolute atomic E-state index is 0.236. The van der Waals surface area contributed by atoms with Gasteiger partial charge in [0.05, 0.1) is 23.9 Å². The molecule has 27 heavy (non-hydrogen) atoms. The number of fused-ring (bicyclic) bond motifs is 1. The van der Waals surface area contributed by atoms with E-state index in [0.717, 1.165) is 17.7 Å². The highest BCUT2D eigenvalue weighted by Crippen LogP contribution is 2.37. The zero-order valence-corrected chi connectivity index (χ0v) is 15.6. The summed E-state index contributed by atoms with van der Waals surface area (Å²) < 4.78 is 13.3. The van der Waals surface area contributed by atoms with Crippen LogP contribution in [0.4, 0.5) is 5.69 Å². The van der Waals surface area contributed by atoms with E-state index >= 15 is 0 Å². The molecule has 1 aliphatic rings. The molecule has 3 aromatic rings. The smallest absolute Gasteiger partial charge is 0.255 e. The fourth-order valence-corrected chi connectivity index (χ4v) is 3.20. The molecule has 0 bridgehead atoms. The Labute approximate surface area is 162 Å². The zero-order chi connectivity index (χ0) is 18.8. The van der Waals surface area contributed by atoms with Crippen LogP contribution in [-0.4, -0.2) is 23.7 Å². The molecule has 0 aliphatic carbocycles. The molecule has 6 heteroatoms. The molecular formula is C21H19ClN2O3. The first-order valence-electron chi connectivity index (χ1n) is 8.76. The zero-order valence-electron chi connectivity index (χ0n) is 14.9. The van der Waals surface area contributed by atoms with Crippen LogP contribution in [0, 0.1) is 6.92 Å². The van der Waals surface area contributed by atoms with Crippen molar-refractivity contribution in [3.8, 4) is 17.2 Å². The standard InChI is InChI=1S/C21H19ClN2O3/c1-14-5-6-15(11-18(14)24-7-2-3-8-24)21(25)23-17-13-20-19(12-16(17)22)26-9-4-10-27-20/h2-3,5-8,11-13H,4,9-10H2,1H3,(H,23,25). The van der Waals surface area contributed by atoms with E-state index < -0.39 is 0 Å². The van der Waals surface area contributed by atoms with Gasteiger partial charge in [-0.15, -0.1) is 0 Å². The lowest BCUT2D eigenvalue weighted by atomic mass is 10.1. The predicted molar refractivity (Wildman–Crippen MR) is 106 cm³/mol. The molecular weight excluding hydrogens is 364 g/mol. The molecule has 2 aromatic carbocycles. The van der Waals surface area contributed by atoms with Gasteiger partial charge in [-0.1, -0.05) is 17.7 Å². The van der Waals surface area contributed by atoms with Gasteiger partial charge in [-0.25, -0.2) is 0 Å². The molecule has 1 amide bonds.